The Kier molecular flexibility index (Phi) is 2.44. The standard InChI is InChI=1S/C10H13NO3S/c11-5-4-7-6-8-9(12)2-1-3-10(8)15(7,13)14/h1-3,7,12H,4-6,11H2. The van der Waals surface area contributed by atoms with Gasteiger partial charge in [-0.15, -0.1) is 0 Å². The minimum atomic E-state index is -3.27. The van der Waals surface area contributed by atoms with Crippen LogP contribution in [0.15, 0.2) is 23.1 Å². The van der Waals surface area contributed by atoms with Gasteiger partial charge in [0.2, 0.25) is 0 Å². The van der Waals surface area contributed by atoms with Crippen molar-refractivity contribution in [2.45, 2.75) is 23.0 Å². The Morgan fingerprint density at radius 2 is 2.20 bits per heavy atom. The first kappa shape index (κ1) is 10.4. The van der Waals surface area contributed by atoms with Crippen LogP contribution in [0.3, 0.4) is 0 Å². The number of hydrogen-bond donors (Lipinski definition) is 2. The first-order valence-electron chi connectivity index (χ1n) is 4.82. The van der Waals surface area contributed by atoms with Crippen LogP contribution in [0.4, 0.5) is 0 Å². The number of benzene rings is 1. The summed E-state index contributed by atoms with van der Waals surface area (Å²) in [4.78, 5) is 0.265. The maximum Gasteiger partial charge on any atom is 0.182 e. The summed E-state index contributed by atoms with van der Waals surface area (Å²) in [5.41, 5.74) is 5.91. The summed E-state index contributed by atoms with van der Waals surface area (Å²) < 4.78 is 23.9. The lowest BCUT2D eigenvalue weighted by atomic mass is 10.1. The second kappa shape index (κ2) is 3.50. The van der Waals surface area contributed by atoms with Gasteiger partial charge in [0, 0.05) is 5.56 Å². The smallest absolute Gasteiger partial charge is 0.182 e. The second-order valence-corrected chi connectivity index (χ2v) is 5.90. The van der Waals surface area contributed by atoms with Gasteiger partial charge in [-0.25, -0.2) is 8.42 Å². The highest BCUT2D eigenvalue weighted by molar-refractivity contribution is 7.92. The fourth-order valence-corrected chi connectivity index (χ4v) is 3.98. The van der Waals surface area contributed by atoms with Crippen molar-refractivity contribution in [2.75, 3.05) is 6.54 Å². The lowest BCUT2D eigenvalue weighted by molar-refractivity contribution is 0.466. The lowest BCUT2D eigenvalue weighted by Gasteiger charge is -2.06. The Bertz CT molecular complexity index is 481. The van der Waals surface area contributed by atoms with Gasteiger partial charge in [-0.1, -0.05) is 6.07 Å². The van der Waals surface area contributed by atoms with E-state index in [1.165, 1.54) is 6.07 Å². The van der Waals surface area contributed by atoms with Crippen LogP contribution in [0, 0.1) is 0 Å². The number of fused-ring (bicyclic) bond motifs is 1. The largest absolute Gasteiger partial charge is 0.508 e. The van der Waals surface area contributed by atoms with Crippen molar-refractivity contribution >= 4 is 9.84 Å². The van der Waals surface area contributed by atoms with Crippen LogP contribution in [0.25, 0.3) is 0 Å². The van der Waals surface area contributed by atoms with Gasteiger partial charge < -0.3 is 10.8 Å². The molecule has 0 fully saturated rings. The van der Waals surface area contributed by atoms with Crippen LogP contribution in [0.1, 0.15) is 12.0 Å². The molecular formula is C10H13NO3S. The molecule has 0 aliphatic carbocycles. The first-order chi connectivity index (χ1) is 7.07. The van der Waals surface area contributed by atoms with Crippen LogP contribution >= 0.6 is 0 Å². The zero-order valence-electron chi connectivity index (χ0n) is 8.18. The maximum atomic E-state index is 12.0. The highest BCUT2D eigenvalue weighted by Crippen LogP contribution is 2.37. The quantitative estimate of drug-likeness (QED) is 0.768. The minimum absolute atomic E-state index is 0.0654. The Morgan fingerprint density at radius 1 is 1.47 bits per heavy atom. The molecule has 82 valence electrons. The van der Waals surface area contributed by atoms with E-state index in [4.69, 9.17) is 5.73 Å². The molecule has 0 saturated heterocycles. The molecule has 4 nitrogen and oxygen atoms in total. The number of hydrogen-bond acceptors (Lipinski definition) is 4. The van der Waals surface area contributed by atoms with Crippen molar-refractivity contribution in [1.29, 1.82) is 0 Å². The van der Waals surface area contributed by atoms with Crippen LogP contribution in [-0.4, -0.2) is 25.3 Å². The van der Waals surface area contributed by atoms with Crippen LogP contribution in [0.2, 0.25) is 0 Å². The van der Waals surface area contributed by atoms with E-state index < -0.39 is 15.1 Å². The fraction of sp³-hybridized carbons (Fsp3) is 0.400. The average molecular weight is 227 g/mol. The molecular weight excluding hydrogens is 214 g/mol. The number of sulfone groups is 1. The summed E-state index contributed by atoms with van der Waals surface area (Å²) in [5.74, 6) is 0.0654. The van der Waals surface area contributed by atoms with Crippen molar-refractivity contribution < 1.29 is 13.5 Å². The van der Waals surface area contributed by atoms with E-state index in [9.17, 15) is 13.5 Å². The summed E-state index contributed by atoms with van der Waals surface area (Å²) in [6.45, 7) is 0.346. The zero-order chi connectivity index (χ0) is 11.1. The molecule has 0 aromatic heterocycles. The van der Waals surface area contributed by atoms with Crippen LogP contribution < -0.4 is 5.73 Å². The number of phenols is 1. The third-order valence-electron chi connectivity index (χ3n) is 2.77. The van der Waals surface area contributed by atoms with Crippen molar-refractivity contribution in [2.24, 2.45) is 5.73 Å². The van der Waals surface area contributed by atoms with Crippen molar-refractivity contribution in [3.63, 3.8) is 0 Å². The van der Waals surface area contributed by atoms with E-state index in [1.54, 1.807) is 12.1 Å². The van der Waals surface area contributed by atoms with Crippen molar-refractivity contribution in [1.82, 2.24) is 0 Å². The molecule has 0 amide bonds. The van der Waals surface area contributed by atoms with Gasteiger partial charge in [-0.3, -0.25) is 0 Å². The predicted octanol–water partition coefficient (Wildman–Crippen LogP) is 0.439. The second-order valence-electron chi connectivity index (χ2n) is 3.70. The molecule has 15 heavy (non-hydrogen) atoms. The minimum Gasteiger partial charge on any atom is -0.508 e. The highest BCUT2D eigenvalue weighted by Gasteiger charge is 2.37. The highest BCUT2D eigenvalue weighted by atomic mass is 32.2. The normalized spacial score (nSPS) is 22.6. The van der Waals surface area contributed by atoms with Gasteiger partial charge >= 0.3 is 0 Å². The molecule has 0 saturated carbocycles. The molecule has 0 radical (unpaired) electrons. The van der Waals surface area contributed by atoms with E-state index in [-0.39, 0.29) is 10.6 Å². The van der Waals surface area contributed by atoms with Crippen molar-refractivity contribution in [3.05, 3.63) is 23.8 Å². The van der Waals surface area contributed by atoms with E-state index in [2.05, 4.69) is 0 Å². The Hall–Kier alpha value is -1.07. The average Bonchev–Trinajstić information content (AvgIpc) is 2.43. The SMILES string of the molecule is NCCC1Cc2c(O)cccc2S1(=O)=O. The van der Waals surface area contributed by atoms with E-state index in [0.29, 0.717) is 24.9 Å². The molecule has 3 N–H and O–H groups in total. The molecule has 0 bridgehead atoms. The number of rotatable bonds is 2. The van der Waals surface area contributed by atoms with Gasteiger partial charge in [0.1, 0.15) is 5.75 Å². The van der Waals surface area contributed by atoms with Crippen LogP contribution in [-0.2, 0) is 16.3 Å². The molecule has 1 aromatic rings. The van der Waals surface area contributed by atoms with E-state index >= 15 is 0 Å². The molecule has 5 heteroatoms. The fourth-order valence-electron chi connectivity index (χ4n) is 1.99. The molecule has 1 aromatic carbocycles. The third kappa shape index (κ3) is 1.52. The Morgan fingerprint density at radius 3 is 2.80 bits per heavy atom. The first-order valence-corrected chi connectivity index (χ1v) is 6.37. The van der Waals surface area contributed by atoms with E-state index in [0.717, 1.165) is 0 Å². The number of phenolic OH excluding ortho intramolecular Hbond substituents is 1. The van der Waals surface area contributed by atoms with E-state index in [1.807, 2.05) is 0 Å². The summed E-state index contributed by atoms with van der Waals surface area (Å²) in [5, 5.41) is 9.09. The van der Waals surface area contributed by atoms with Gasteiger partial charge in [-0.2, -0.15) is 0 Å². The lowest BCUT2D eigenvalue weighted by Crippen LogP contribution is -2.20. The number of aromatic hydroxyl groups is 1. The monoisotopic (exact) mass is 227 g/mol. The van der Waals surface area contributed by atoms with Crippen molar-refractivity contribution in [3.8, 4) is 5.75 Å². The van der Waals surface area contributed by atoms with Gasteiger partial charge in [-0.05, 0) is 31.5 Å². The van der Waals surface area contributed by atoms with Gasteiger partial charge in [0.05, 0.1) is 10.1 Å². The predicted molar refractivity (Wildman–Crippen MR) is 56.5 cm³/mol. The molecule has 0 spiro atoms. The van der Waals surface area contributed by atoms with Crippen LogP contribution in [0.5, 0.6) is 5.75 Å². The topological polar surface area (TPSA) is 80.4 Å². The molecule has 1 aliphatic heterocycles. The summed E-state index contributed by atoms with van der Waals surface area (Å²) >= 11 is 0. The Labute approximate surface area is 88.6 Å². The number of nitrogens with two attached hydrogens (primary N) is 1. The van der Waals surface area contributed by atoms with Gasteiger partial charge in [0.15, 0.2) is 9.84 Å². The summed E-state index contributed by atoms with van der Waals surface area (Å²) in [6, 6.07) is 4.61. The third-order valence-corrected chi connectivity index (χ3v) is 5.05. The summed E-state index contributed by atoms with van der Waals surface area (Å²) in [7, 11) is -3.27. The summed E-state index contributed by atoms with van der Waals surface area (Å²) in [6.07, 6.45) is 0.817. The molecule has 1 unspecified atom stereocenters. The molecule has 1 aliphatic rings. The Balaban J connectivity index is 2.52. The molecule has 2 rings (SSSR count). The molecule has 1 atom stereocenters. The maximum absolute atomic E-state index is 12.0. The zero-order valence-corrected chi connectivity index (χ0v) is 9.00. The van der Waals surface area contributed by atoms with Gasteiger partial charge in [0.25, 0.3) is 0 Å². The molecule has 1 heterocycles.